The van der Waals surface area contributed by atoms with Gasteiger partial charge < -0.3 is 10.4 Å². The van der Waals surface area contributed by atoms with Gasteiger partial charge in [0.2, 0.25) is 5.91 Å². The van der Waals surface area contributed by atoms with Crippen molar-refractivity contribution in [1.82, 2.24) is 5.32 Å². The molecule has 2 aromatic rings. The van der Waals surface area contributed by atoms with Crippen molar-refractivity contribution in [2.45, 2.75) is 31.4 Å². The van der Waals surface area contributed by atoms with Crippen LogP contribution in [-0.4, -0.2) is 27.6 Å². The van der Waals surface area contributed by atoms with Crippen LogP contribution in [0.25, 0.3) is 10.8 Å². The first kappa shape index (κ1) is 16.5. The number of aromatic hydroxyl groups is 1. The first-order valence-corrected chi connectivity index (χ1v) is 8.86. The minimum absolute atomic E-state index is 0.00425. The van der Waals surface area contributed by atoms with E-state index in [2.05, 4.69) is 22.4 Å². The first-order valence-electron chi connectivity index (χ1n) is 7.98. The summed E-state index contributed by atoms with van der Waals surface area (Å²) < 4.78 is 0. The maximum absolute atomic E-state index is 11.8. The summed E-state index contributed by atoms with van der Waals surface area (Å²) in [4.78, 5) is 11.8. The number of unbranched alkanes of at least 4 members (excludes halogenated alkanes) is 1. The summed E-state index contributed by atoms with van der Waals surface area (Å²) in [6, 6.07) is 11.3. The number of thioether (sulfide) groups is 1. The third-order valence-corrected chi connectivity index (χ3v) is 5.02. The third kappa shape index (κ3) is 3.59. The highest BCUT2D eigenvalue weighted by molar-refractivity contribution is 8.15. The predicted octanol–water partition coefficient (Wildman–Crippen LogP) is 3.66. The standard InChI is InChI=1S/C18H19N3O2S/c1-2-3-8-16-17(23)20-18(24-16)21-19-11-14-13-7-5-4-6-12(13)9-10-15(14)22/h4-7,9-11,16,22H,2-3,8H2,1H3,(H,20,21,23)/b19-11-/t16-/m1/s1. The zero-order valence-corrected chi connectivity index (χ0v) is 14.2. The molecule has 0 radical (unpaired) electrons. The maximum Gasteiger partial charge on any atom is 0.239 e. The number of hydrogen-bond donors (Lipinski definition) is 2. The van der Waals surface area contributed by atoms with Gasteiger partial charge in [-0.25, -0.2) is 0 Å². The van der Waals surface area contributed by atoms with Crippen molar-refractivity contribution in [3.63, 3.8) is 0 Å². The molecule has 0 spiro atoms. The molecule has 1 saturated heterocycles. The van der Waals surface area contributed by atoms with E-state index in [1.165, 1.54) is 18.0 Å². The van der Waals surface area contributed by atoms with Crippen LogP contribution in [0.2, 0.25) is 0 Å². The predicted molar refractivity (Wildman–Crippen MR) is 99.7 cm³/mol. The van der Waals surface area contributed by atoms with E-state index in [1.54, 1.807) is 6.07 Å². The summed E-state index contributed by atoms with van der Waals surface area (Å²) in [5, 5.41) is 23.3. The Kier molecular flexibility index (Phi) is 5.15. The number of hydrogen-bond acceptors (Lipinski definition) is 5. The van der Waals surface area contributed by atoms with E-state index < -0.39 is 0 Å². The molecule has 1 aliphatic rings. The van der Waals surface area contributed by atoms with Crippen LogP contribution in [0.1, 0.15) is 31.7 Å². The molecule has 3 rings (SSSR count). The van der Waals surface area contributed by atoms with Gasteiger partial charge in [-0.2, -0.15) is 5.10 Å². The van der Waals surface area contributed by atoms with Gasteiger partial charge in [0, 0.05) is 5.56 Å². The average Bonchev–Trinajstić information content (AvgIpc) is 2.94. The lowest BCUT2D eigenvalue weighted by atomic mass is 10.0. The number of benzene rings is 2. The number of phenols is 1. The summed E-state index contributed by atoms with van der Waals surface area (Å²) in [7, 11) is 0. The van der Waals surface area contributed by atoms with Crippen molar-refractivity contribution >= 4 is 39.8 Å². The number of amides is 1. The van der Waals surface area contributed by atoms with Crippen molar-refractivity contribution in [3.8, 4) is 5.75 Å². The molecule has 1 heterocycles. The number of carbonyl (C=O) groups excluding carboxylic acids is 1. The van der Waals surface area contributed by atoms with Gasteiger partial charge in [-0.15, -0.1) is 5.10 Å². The molecular weight excluding hydrogens is 322 g/mol. The fraction of sp³-hybridized carbons (Fsp3) is 0.278. The summed E-state index contributed by atoms with van der Waals surface area (Å²) in [5.41, 5.74) is 0.620. The monoisotopic (exact) mass is 341 g/mol. The Hall–Kier alpha value is -2.34. The van der Waals surface area contributed by atoms with E-state index in [4.69, 9.17) is 0 Å². The number of fused-ring (bicyclic) bond motifs is 1. The van der Waals surface area contributed by atoms with Gasteiger partial charge in [0.15, 0.2) is 5.17 Å². The topological polar surface area (TPSA) is 74.1 Å². The smallest absolute Gasteiger partial charge is 0.239 e. The fourth-order valence-electron chi connectivity index (χ4n) is 2.59. The minimum atomic E-state index is -0.0788. The molecule has 2 N–H and O–H groups in total. The third-order valence-electron chi connectivity index (χ3n) is 3.88. The molecule has 0 saturated carbocycles. The van der Waals surface area contributed by atoms with Gasteiger partial charge in [0.25, 0.3) is 0 Å². The molecule has 1 fully saturated rings. The normalized spacial score (nSPS) is 19.5. The Labute approximate surface area is 144 Å². The Morgan fingerprint density at radius 1 is 1.29 bits per heavy atom. The van der Waals surface area contributed by atoms with E-state index >= 15 is 0 Å². The summed E-state index contributed by atoms with van der Waals surface area (Å²) in [5.74, 6) is 0.150. The molecule has 0 unspecified atom stereocenters. The van der Waals surface area contributed by atoms with Crippen LogP contribution in [0.3, 0.4) is 0 Å². The van der Waals surface area contributed by atoms with Crippen LogP contribution < -0.4 is 5.32 Å². The largest absolute Gasteiger partial charge is 0.507 e. The van der Waals surface area contributed by atoms with E-state index in [0.717, 1.165) is 30.0 Å². The Morgan fingerprint density at radius 2 is 2.12 bits per heavy atom. The Bertz CT molecular complexity index is 817. The number of nitrogens with zero attached hydrogens (tertiary/aromatic N) is 2. The van der Waals surface area contributed by atoms with Gasteiger partial charge in [-0.05, 0) is 23.3 Å². The van der Waals surface area contributed by atoms with Crippen molar-refractivity contribution in [2.24, 2.45) is 10.2 Å². The molecule has 1 atom stereocenters. The van der Waals surface area contributed by atoms with Crippen LogP contribution in [-0.2, 0) is 4.79 Å². The zero-order valence-electron chi connectivity index (χ0n) is 13.4. The minimum Gasteiger partial charge on any atom is -0.507 e. The van der Waals surface area contributed by atoms with E-state index in [-0.39, 0.29) is 16.9 Å². The molecule has 0 aliphatic carbocycles. The number of rotatable bonds is 5. The second kappa shape index (κ2) is 7.49. The quantitative estimate of drug-likeness (QED) is 0.644. The summed E-state index contributed by atoms with van der Waals surface area (Å²) in [6.45, 7) is 2.10. The van der Waals surface area contributed by atoms with Gasteiger partial charge >= 0.3 is 0 Å². The van der Waals surface area contributed by atoms with Crippen LogP contribution in [0.15, 0.2) is 46.6 Å². The molecule has 124 valence electrons. The molecule has 6 heteroatoms. The number of phenolic OH excluding ortho intramolecular Hbond substituents is 1. The average molecular weight is 341 g/mol. The van der Waals surface area contributed by atoms with Gasteiger partial charge in [0.05, 0.1) is 11.5 Å². The van der Waals surface area contributed by atoms with Gasteiger partial charge in [0.1, 0.15) is 5.75 Å². The molecule has 2 aromatic carbocycles. The fourth-order valence-corrected chi connectivity index (χ4v) is 3.56. The molecule has 0 aromatic heterocycles. The summed E-state index contributed by atoms with van der Waals surface area (Å²) in [6.07, 6.45) is 4.46. The van der Waals surface area contributed by atoms with Crippen molar-refractivity contribution in [3.05, 3.63) is 42.0 Å². The number of amidine groups is 1. The lowest BCUT2D eigenvalue weighted by Crippen LogP contribution is -2.24. The second-order valence-corrected chi connectivity index (χ2v) is 6.80. The lowest BCUT2D eigenvalue weighted by molar-refractivity contribution is -0.118. The molecule has 1 amide bonds. The van der Waals surface area contributed by atoms with Crippen LogP contribution >= 0.6 is 11.8 Å². The van der Waals surface area contributed by atoms with Crippen LogP contribution in [0.5, 0.6) is 5.75 Å². The highest BCUT2D eigenvalue weighted by atomic mass is 32.2. The summed E-state index contributed by atoms with van der Waals surface area (Å²) >= 11 is 1.41. The van der Waals surface area contributed by atoms with Crippen molar-refractivity contribution < 1.29 is 9.90 Å². The Balaban J connectivity index is 1.78. The molecule has 1 aliphatic heterocycles. The van der Waals surface area contributed by atoms with Gasteiger partial charge in [-0.3, -0.25) is 4.79 Å². The van der Waals surface area contributed by atoms with E-state index in [1.807, 2.05) is 30.3 Å². The SMILES string of the molecule is CCCC[C@H]1SC(=N/N=C\c2c(O)ccc3ccccc23)NC1=O. The highest BCUT2D eigenvalue weighted by Crippen LogP contribution is 2.26. The van der Waals surface area contributed by atoms with E-state index in [9.17, 15) is 9.90 Å². The Morgan fingerprint density at radius 3 is 2.96 bits per heavy atom. The molecule has 0 bridgehead atoms. The van der Waals surface area contributed by atoms with Crippen LogP contribution in [0, 0.1) is 0 Å². The van der Waals surface area contributed by atoms with Crippen molar-refractivity contribution in [2.75, 3.05) is 0 Å². The number of nitrogens with one attached hydrogen (secondary N) is 1. The van der Waals surface area contributed by atoms with Crippen molar-refractivity contribution in [1.29, 1.82) is 0 Å². The highest BCUT2D eigenvalue weighted by Gasteiger charge is 2.29. The molecular formula is C18H19N3O2S. The maximum atomic E-state index is 11.8. The molecule has 24 heavy (non-hydrogen) atoms. The van der Waals surface area contributed by atoms with Crippen LogP contribution in [0.4, 0.5) is 0 Å². The molecule has 5 nitrogen and oxygen atoms in total. The second-order valence-electron chi connectivity index (χ2n) is 5.61. The lowest BCUT2D eigenvalue weighted by Gasteiger charge is -2.03. The first-order chi connectivity index (χ1) is 11.7. The van der Waals surface area contributed by atoms with E-state index in [0.29, 0.717) is 10.7 Å². The number of carbonyl (C=O) groups is 1. The van der Waals surface area contributed by atoms with Gasteiger partial charge in [-0.1, -0.05) is 61.9 Å². The zero-order chi connectivity index (χ0) is 16.9.